The van der Waals surface area contributed by atoms with E-state index in [4.69, 9.17) is 0 Å². The monoisotopic (exact) mass is 607 g/mol. The van der Waals surface area contributed by atoms with E-state index in [-0.39, 0.29) is 0 Å². The second kappa shape index (κ2) is 31.4. The minimum Gasteiger partial charge on any atom is -0.310 e. The molecular formula is C43H76N+. The number of hydrogen-bond donors (Lipinski definition) is 0. The first-order valence-corrected chi connectivity index (χ1v) is 19.6. The molecule has 1 aromatic carbocycles. The van der Waals surface area contributed by atoms with Gasteiger partial charge in [-0.15, -0.1) is 0 Å². The summed E-state index contributed by atoms with van der Waals surface area (Å²) in [6, 6.07) is 11.3. The smallest absolute Gasteiger partial charge is 0.105 e. The summed E-state index contributed by atoms with van der Waals surface area (Å²) in [6.07, 6.45) is 48.0. The average molecular weight is 607 g/mol. The summed E-state index contributed by atoms with van der Waals surface area (Å²) >= 11 is 0. The second-order valence-corrected chi connectivity index (χ2v) is 13.7. The topological polar surface area (TPSA) is 0 Å². The Bertz CT molecular complexity index is 714. The Hall–Kier alpha value is -1.60. The zero-order chi connectivity index (χ0) is 31.7. The van der Waals surface area contributed by atoms with Gasteiger partial charge in [0.1, 0.15) is 6.54 Å². The van der Waals surface area contributed by atoms with Crippen molar-refractivity contribution >= 4 is 0 Å². The molecule has 0 aliphatic rings. The Kier molecular flexibility index (Phi) is 28.8. The predicted octanol–water partition coefficient (Wildman–Crippen LogP) is 14.1. The van der Waals surface area contributed by atoms with Gasteiger partial charge in [-0.1, -0.05) is 185 Å². The van der Waals surface area contributed by atoms with Crippen molar-refractivity contribution in [2.45, 2.75) is 181 Å². The lowest BCUT2D eigenvalue weighted by Gasteiger charge is -2.36. The molecule has 0 heterocycles. The van der Waals surface area contributed by atoms with Crippen molar-refractivity contribution in [1.82, 2.24) is 0 Å². The van der Waals surface area contributed by atoms with Crippen LogP contribution in [-0.2, 0) is 6.54 Å². The van der Waals surface area contributed by atoms with Crippen molar-refractivity contribution in [2.24, 2.45) is 0 Å². The molecule has 0 aliphatic carbocycles. The van der Waals surface area contributed by atoms with Crippen LogP contribution in [0.3, 0.4) is 0 Å². The number of quaternary nitrogens is 1. The molecule has 0 aromatic heterocycles. The molecule has 0 spiro atoms. The molecule has 44 heavy (non-hydrogen) atoms. The van der Waals surface area contributed by atoms with Gasteiger partial charge in [0.25, 0.3) is 0 Å². The number of unbranched alkanes of at least 4 members (excludes halogenated alkanes) is 21. The van der Waals surface area contributed by atoms with Crippen molar-refractivity contribution in [2.75, 3.05) is 19.6 Å². The summed E-state index contributed by atoms with van der Waals surface area (Å²) in [4.78, 5) is 0. The molecule has 0 aliphatic heterocycles. The van der Waals surface area contributed by atoms with Crippen LogP contribution in [0.1, 0.15) is 180 Å². The normalized spacial score (nSPS) is 12.4. The Balaban J connectivity index is 2.74. The van der Waals surface area contributed by atoms with Gasteiger partial charge in [0.15, 0.2) is 0 Å². The first-order valence-electron chi connectivity index (χ1n) is 19.6. The molecule has 0 atom stereocenters. The molecular weight excluding hydrogens is 530 g/mol. The van der Waals surface area contributed by atoms with E-state index in [0.29, 0.717) is 0 Å². The van der Waals surface area contributed by atoms with E-state index >= 15 is 0 Å². The quantitative estimate of drug-likeness (QED) is 0.0435. The standard InChI is InChI=1S/C43H76N/c1-4-7-10-13-16-19-22-25-28-34-39-44(42-43-37-32-31-33-38-43,40-35-29-26-23-20-17-14-11-8-5-2)41-36-30-27-24-21-18-15-12-9-6-3/h28-38H,4-27,39-42H2,1-3H3/q+1/b34-28-,35-29-,36-30+. The maximum Gasteiger partial charge on any atom is 0.105 e. The number of nitrogens with zero attached hydrogens (tertiary/aromatic N) is 1. The molecule has 1 heteroatoms. The van der Waals surface area contributed by atoms with Crippen molar-refractivity contribution in [3.8, 4) is 0 Å². The van der Waals surface area contributed by atoms with Gasteiger partial charge in [-0.3, -0.25) is 0 Å². The largest absolute Gasteiger partial charge is 0.310 e. The Morgan fingerprint density at radius 3 is 1.05 bits per heavy atom. The highest BCUT2D eigenvalue weighted by molar-refractivity contribution is 5.13. The fourth-order valence-corrected chi connectivity index (χ4v) is 6.29. The molecule has 0 N–H and O–H groups in total. The molecule has 0 radical (unpaired) electrons. The zero-order valence-corrected chi connectivity index (χ0v) is 30.1. The average Bonchev–Trinajstić information content (AvgIpc) is 3.04. The third-order valence-electron chi connectivity index (χ3n) is 9.26. The van der Waals surface area contributed by atoms with E-state index in [9.17, 15) is 0 Å². The third kappa shape index (κ3) is 24.7. The highest BCUT2D eigenvalue weighted by Gasteiger charge is 2.24. The summed E-state index contributed by atoms with van der Waals surface area (Å²) < 4.78 is 1.10. The van der Waals surface area contributed by atoms with E-state index in [0.717, 1.165) is 30.7 Å². The van der Waals surface area contributed by atoms with Crippen molar-refractivity contribution in [3.63, 3.8) is 0 Å². The molecule has 0 saturated carbocycles. The highest BCUT2D eigenvalue weighted by atomic mass is 15.3. The maximum atomic E-state index is 2.52. The number of allylic oxidation sites excluding steroid dienone is 3. The molecule has 0 amide bonds. The molecule has 1 aromatic rings. The van der Waals surface area contributed by atoms with Crippen molar-refractivity contribution in [1.29, 1.82) is 0 Å². The first kappa shape index (κ1) is 40.4. The predicted molar refractivity (Wildman–Crippen MR) is 200 cm³/mol. The molecule has 0 saturated heterocycles. The Morgan fingerprint density at radius 1 is 0.386 bits per heavy atom. The maximum absolute atomic E-state index is 2.52. The molecule has 0 unspecified atom stereocenters. The second-order valence-electron chi connectivity index (χ2n) is 13.7. The highest BCUT2D eigenvalue weighted by Crippen LogP contribution is 2.18. The van der Waals surface area contributed by atoms with Crippen LogP contribution < -0.4 is 0 Å². The van der Waals surface area contributed by atoms with E-state index < -0.39 is 0 Å². The van der Waals surface area contributed by atoms with Gasteiger partial charge in [0.2, 0.25) is 0 Å². The third-order valence-corrected chi connectivity index (χ3v) is 9.26. The van der Waals surface area contributed by atoms with Crippen LogP contribution in [0.2, 0.25) is 0 Å². The van der Waals surface area contributed by atoms with Crippen LogP contribution in [0.4, 0.5) is 0 Å². The van der Waals surface area contributed by atoms with Crippen LogP contribution >= 0.6 is 0 Å². The first-order chi connectivity index (χ1) is 21.8. The summed E-state index contributed by atoms with van der Waals surface area (Å²) in [5.41, 5.74) is 1.47. The molecule has 0 fully saturated rings. The summed E-state index contributed by atoms with van der Waals surface area (Å²) in [7, 11) is 0. The Morgan fingerprint density at radius 2 is 0.705 bits per heavy atom. The minimum atomic E-state index is 1.10. The lowest BCUT2D eigenvalue weighted by Crippen LogP contribution is -2.47. The molecule has 252 valence electrons. The van der Waals surface area contributed by atoms with Gasteiger partial charge >= 0.3 is 0 Å². The number of benzene rings is 1. The van der Waals surface area contributed by atoms with Crippen LogP contribution in [0.15, 0.2) is 66.8 Å². The van der Waals surface area contributed by atoms with Gasteiger partial charge in [0, 0.05) is 5.56 Å². The van der Waals surface area contributed by atoms with Gasteiger partial charge in [-0.2, -0.15) is 0 Å². The van der Waals surface area contributed by atoms with E-state index in [2.05, 4.69) is 87.6 Å². The molecule has 1 rings (SSSR count). The van der Waals surface area contributed by atoms with E-state index in [1.165, 1.54) is 160 Å². The van der Waals surface area contributed by atoms with Crippen molar-refractivity contribution < 1.29 is 4.48 Å². The van der Waals surface area contributed by atoms with Gasteiger partial charge in [0.05, 0.1) is 19.6 Å². The fourth-order valence-electron chi connectivity index (χ4n) is 6.29. The van der Waals surface area contributed by atoms with Gasteiger partial charge in [-0.25, -0.2) is 0 Å². The van der Waals surface area contributed by atoms with E-state index in [1.54, 1.807) is 0 Å². The number of hydrogen-bond acceptors (Lipinski definition) is 0. The number of rotatable bonds is 32. The molecule has 0 bridgehead atoms. The lowest BCUT2D eigenvalue weighted by atomic mass is 10.1. The van der Waals surface area contributed by atoms with Crippen LogP contribution in [0.5, 0.6) is 0 Å². The van der Waals surface area contributed by atoms with Crippen molar-refractivity contribution in [3.05, 3.63) is 72.4 Å². The summed E-state index contributed by atoms with van der Waals surface area (Å²) in [5.74, 6) is 0. The summed E-state index contributed by atoms with van der Waals surface area (Å²) in [5, 5.41) is 0. The van der Waals surface area contributed by atoms with Gasteiger partial charge in [-0.05, 0) is 56.8 Å². The van der Waals surface area contributed by atoms with E-state index in [1.807, 2.05) is 0 Å². The van der Waals surface area contributed by atoms with Gasteiger partial charge < -0.3 is 4.48 Å². The fraction of sp³-hybridized carbons (Fsp3) is 0.721. The van der Waals surface area contributed by atoms with Crippen LogP contribution in [0.25, 0.3) is 0 Å². The SMILES string of the molecule is CCCCCCCCC/C=C\C[N+](C/C=C\CCCCCCCCC)(C/C=C/CCCCCCCCC)Cc1ccccc1. The Labute approximate surface area is 277 Å². The van der Waals surface area contributed by atoms with Crippen LogP contribution in [0, 0.1) is 0 Å². The summed E-state index contributed by atoms with van der Waals surface area (Å²) in [6.45, 7) is 11.4. The molecule has 1 nitrogen and oxygen atoms in total. The zero-order valence-electron chi connectivity index (χ0n) is 30.1. The van der Waals surface area contributed by atoms with Crippen LogP contribution in [-0.4, -0.2) is 24.1 Å². The lowest BCUT2D eigenvalue weighted by molar-refractivity contribution is -0.925. The minimum absolute atomic E-state index is 1.10.